The molecule has 2 aromatic carbocycles. The van der Waals surface area contributed by atoms with Crippen molar-refractivity contribution < 1.29 is 14.2 Å². The highest BCUT2D eigenvalue weighted by molar-refractivity contribution is 5.81. The van der Waals surface area contributed by atoms with E-state index in [-0.39, 0.29) is 17.2 Å². The summed E-state index contributed by atoms with van der Waals surface area (Å²) in [4.78, 5) is 15.0. The zero-order chi connectivity index (χ0) is 22.1. The predicted octanol–water partition coefficient (Wildman–Crippen LogP) is 3.47. The number of anilines is 1. The average molecular weight is 423 g/mol. The number of nitrogens with one attached hydrogen (secondary N) is 2. The Bertz CT molecular complexity index is 1080. The molecule has 1 heterocycles. The standard InChI is InChI=1S/C22H25N5O4/c1-4-12-31-18-11-6-15(13-19(18)30-5-2)14-23-26-22-24-21(28)20(25-27-22)16-7-9-17(29-3)10-8-16/h6-11,13-14H,4-5,12H2,1-3H3,(H2,24,26,27,28)/b23-14+. The van der Waals surface area contributed by atoms with Crippen LogP contribution in [0.5, 0.6) is 17.2 Å². The van der Waals surface area contributed by atoms with Crippen molar-refractivity contribution in [1.29, 1.82) is 0 Å². The van der Waals surface area contributed by atoms with Crippen molar-refractivity contribution >= 4 is 12.2 Å². The maximum absolute atomic E-state index is 12.4. The third-order valence-electron chi connectivity index (χ3n) is 4.17. The molecular formula is C22H25N5O4. The molecule has 9 nitrogen and oxygen atoms in total. The molecule has 2 N–H and O–H groups in total. The molecular weight excluding hydrogens is 398 g/mol. The summed E-state index contributed by atoms with van der Waals surface area (Å²) in [7, 11) is 1.58. The van der Waals surface area contributed by atoms with Gasteiger partial charge in [0.25, 0.3) is 5.56 Å². The van der Waals surface area contributed by atoms with Crippen LogP contribution in [0.25, 0.3) is 11.3 Å². The average Bonchev–Trinajstić information content (AvgIpc) is 2.79. The summed E-state index contributed by atoms with van der Waals surface area (Å²) in [5.74, 6) is 2.17. The van der Waals surface area contributed by atoms with Crippen LogP contribution in [0, 0.1) is 0 Å². The van der Waals surface area contributed by atoms with E-state index in [1.807, 2.05) is 32.0 Å². The van der Waals surface area contributed by atoms with Gasteiger partial charge in [0.15, 0.2) is 17.2 Å². The molecule has 0 saturated carbocycles. The van der Waals surface area contributed by atoms with E-state index < -0.39 is 0 Å². The van der Waals surface area contributed by atoms with Crippen molar-refractivity contribution in [1.82, 2.24) is 15.2 Å². The van der Waals surface area contributed by atoms with Crippen molar-refractivity contribution in [3.63, 3.8) is 0 Å². The van der Waals surface area contributed by atoms with Crippen LogP contribution in [0.3, 0.4) is 0 Å². The predicted molar refractivity (Wildman–Crippen MR) is 119 cm³/mol. The van der Waals surface area contributed by atoms with Gasteiger partial charge in [-0.15, -0.1) is 10.2 Å². The van der Waals surface area contributed by atoms with E-state index >= 15 is 0 Å². The summed E-state index contributed by atoms with van der Waals surface area (Å²) in [6, 6.07) is 12.5. The Balaban J connectivity index is 1.69. The molecule has 0 bridgehead atoms. The number of H-pyrrole nitrogens is 1. The zero-order valence-corrected chi connectivity index (χ0v) is 17.7. The minimum Gasteiger partial charge on any atom is -0.497 e. The number of hydrazone groups is 1. The van der Waals surface area contributed by atoms with Gasteiger partial charge >= 0.3 is 0 Å². The van der Waals surface area contributed by atoms with Crippen molar-refractivity contribution in [3.05, 3.63) is 58.4 Å². The second kappa shape index (κ2) is 10.8. The number of hydrogen-bond acceptors (Lipinski definition) is 8. The molecule has 9 heteroatoms. The van der Waals surface area contributed by atoms with E-state index in [1.54, 1.807) is 37.6 Å². The molecule has 0 unspecified atom stereocenters. The second-order valence-corrected chi connectivity index (χ2v) is 6.44. The van der Waals surface area contributed by atoms with Gasteiger partial charge in [0.2, 0.25) is 5.95 Å². The van der Waals surface area contributed by atoms with Crippen LogP contribution in [-0.2, 0) is 0 Å². The van der Waals surface area contributed by atoms with Gasteiger partial charge in [-0.3, -0.25) is 9.78 Å². The molecule has 0 atom stereocenters. The Labute approximate surface area is 180 Å². The summed E-state index contributed by atoms with van der Waals surface area (Å²) in [6.45, 7) is 5.10. The maximum Gasteiger partial charge on any atom is 0.279 e. The monoisotopic (exact) mass is 423 g/mol. The van der Waals surface area contributed by atoms with Crippen LogP contribution < -0.4 is 25.2 Å². The number of ether oxygens (including phenoxy) is 3. The molecule has 0 saturated heterocycles. The Hall–Kier alpha value is -3.88. The third-order valence-corrected chi connectivity index (χ3v) is 4.17. The van der Waals surface area contributed by atoms with Gasteiger partial charge in [0, 0.05) is 5.56 Å². The minimum absolute atomic E-state index is 0.131. The largest absolute Gasteiger partial charge is 0.497 e. The smallest absolute Gasteiger partial charge is 0.279 e. The molecule has 162 valence electrons. The summed E-state index contributed by atoms with van der Waals surface area (Å²) < 4.78 is 16.4. The molecule has 0 fully saturated rings. The molecule has 0 aliphatic rings. The SMILES string of the molecule is CCCOc1ccc(/C=N/Nc2nnc(-c3ccc(OC)cc3)c(=O)[nH]2)cc1OCC. The number of nitrogens with zero attached hydrogens (tertiary/aromatic N) is 3. The Morgan fingerprint density at radius 3 is 2.55 bits per heavy atom. The Morgan fingerprint density at radius 2 is 1.87 bits per heavy atom. The molecule has 3 rings (SSSR count). The lowest BCUT2D eigenvalue weighted by Crippen LogP contribution is -2.15. The highest BCUT2D eigenvalue weighted by atomic mass is 16.5. The van der Waals surface area contributed by atoms with Crippen LogP contribution in [0.1, 0.15) is 25.8 Å². The van der Waals surface area contributed by atoms with E-state index in [1.165, 1.54) is 0 Å². The fourth-order valence-corrected chi connectivity index (χ4v) is 2.70. The lowest BCUT2D eigenvalue weighted by molar-refractivity contribution is 0.277. The van der Waals surface area contributed by atoms with Crippen molar-refractivity contribution in [2.24, 2.45) is 5.10 Å². The maximum atomic E-state index is 12.4. The number of benzene rings is 2. The summed E-state index contributed by atoms with van der Waals surface area (Å²) in [5.41, 5.74) is 3.94. The third kappa shape index (κ3) is 5.81. The Morgan fingerprint density at radius 1 is 1.06 bits per heavy atom. The molecule has 0 aliphatic heterocycles. The molecule has 1 aromatic heterocycles. The Kier molecular flexibility index (Phi) is 7.58. The van der Waals surface area contributed by atoms with Gasteiger partial charge in [0.05, 0.1) is 26.5 Å². The van der Waals surface area contributed by atoms with E-state index in [9.17, 15) is 4.79 Å². The first-order valence-corrected chi connectivity index (χ1v) is 9.94. The highest BCUT2D eigenvalue weighted by Gasteiger charge is 2.08. The first-order valence-electron chi connectivity index (χ1n) is 9.94. The van der Waals surface area contributed by atoms with E-state index in [0.717, 1.165) is 12.0 Å². The normalized spacial score (nSPS) is 10.8. The lowest BCUT2D eigenvalue weighted by atomic mass is 10.1. The van der Waals surface area contributed by atoms with Crippen LogP contribution in [0.4, 0.5) is 5.95 Å². The van der Waals surface area contributed by atoms with Gasteiger partial charge in [0.1, 0.15) is 5.75 Å². The van der Waals surface area contributed by atoms with E-state index in [4.69, 9.17) is 14.2 Å². The van der Waals surface area contributed by atoms with Crippen molar-refractivity contribution in [3.8, 4) is 28.5 Å². The lowest BCUT2D eigenvalue weighted by Gasteiger charge is -2.11. The van der Waals surface area contributed by atoms with Crippen LogP contribution in [-0.4, -0.2) is 41.7 Å². The first-order chi connectivity index (χ1) is 15.1. The number of aromatic amines is 1. The van der Waals surface area contributed by atoms with Gasteiger partial charge < -0.3 is 14.2 Å². The van der Waals surface area contributed by atoms with Crippen LogP contribution >= 0.6 is 0 Å². The van der Waals surface area contributed by atoms with Gasteiger partial charge in [-0.05, 0) is 61.4 Å². The van der Waals surface area contributed by atoms with Gasteiger partial charge in [-0.2, -0.15) is 5.10 Å². The van der Waals surface area contributed by atoms with E-state index in [0.29, 0.717) is 36.0 Å². The van der Waals surface area contributed by atoms with Gasteiger partial charge in [-0.1, -0.05) is 6.92 Å². The summed E-state index contributed by atoms with van der Waals surface area (Å²) in [6.07, 6.45) is 2.50. The fraction of sp³-hybridized carbons (Fsp3) is 0.273. The topological polar surface area (TPSA) is 111 Å². The van der Waals surface area contributed by atoms with Crippen LogP contribution in [0.2, 0.25) is 0 Å². The number of methoxy groups -OCH3 is 1. The molecule has 0 spiro atoms. The summed E-state index contributed by atoms with van der Waals surface area (Å²) >= 11 is 0. The number of rotatable bonds is 10. The fourth-order valence-electron chi connectivity index (χ4n) is 2.70. The van der Waals surface area contributed by atoms with E-state index in [2.05, 4.69) is 25.7 Å². The van der Waals surface area contributed by atoms with Crippen LogP contribution in [0.15, 0.2) is 52.4 Å². The quantitative estimate of drug-likeness (QED) is 0.379. The minimum atomic E-state index is -0.381. The van der Waals surface area contributed by atoms with Crippen molar-refractivity contribution in [2.75, 3.05) is 25.7 Å². The molecule has 0 aliphatic carbocycles. The number of aromatic nitrogens is 3. The zero-order valence-electron chi connectivity index (χ0n) is 17.7. The molecule has 0 amide bonds. The van der Waals surface area contributed by atoms with Crippen molar-refractivity contribution in [2.45, 2.75) is 20.3 Å². The molecule has 3 aromatic rings. The highest BCUT2D eigenvalue weighted by Crippen LogP contribution is 2.28. The number of hydrogen-bond donors (Lipinski definition) is 2. The molecule has 31 heavy (non-hydrogen) atoms. The summed E-state index contributed by atoms with van der Waals surface area (Å²) in [5, 5.41) is 12.1. The second-order valence-electron chi connectivity index (χ2n) is 6.44. The first kappa shape index (κ1) is 21.8. The van der Waals surface area contributed by atoms with Gasteiger partial charge in [-0.25, -0.2) is 5.43 Å². The molecule has 0 radical (unpaired) electrons.